The summed E-state index contributed by atoms with van der Waals surface area (Å²) >= 11 is 5.56. The highest BCUT2D eigenvalue weighted by molar-refractivity contribution is 6.30. The van der Waals surface area contributed by atoms with Crippen LogP contribution in [0.1, 0.15) is 6.42 Å². The van der Waals surface area contributed by atoms with Crippen LogP contribution in [-0.2, 0) is 0 Å². The van der Waals surface area contributed by atoms with Crippen LogP contribution in [0.2, 0.25) is 5.02 Å². The van der Waals surface area contributed by atoms with Gasteiger partial charge in [0, 0.05) is 18.8 Å². The molecule has 1 aromatic carbocycles. The van der Waals surface area contributed by atoms with Crippen molar-refractivity contribution in [2.45, 2.75) is 6.42 Å². The van der Waals surface area contributed by atoms with E-state index in [4.69, 9.17) is 11.6 Å². The van der Waals surface area contributed by atoms with E-state index in [2.05, 4.69) is 5.32 Å². The number of nitrogens with one attached hydrogen (secondary N) is 1. The lowest BCUT2D eigenvalue weighted by Crippen LogP contribution is -2.46. The molecule has 1 aliphatic rings. The Labute approximate surface area is 91.8 Å². The highest BCUT2D eigenvalue weighted by Gasteiger charge is 2.19. The third kappa shape index (κ3) is 2.04. The number of benzene rings is 1. The molecule has 1 aliphatic heterocycles. The summed E-state index contributed by atoms with van der Waals surface area (Å²) < 4.78 is 13.2. The number of carbonyl (C=O) groups excluding carboxylic acids is 1. The van der Waals surface area contributed by atoms with E-state index in [-0.39, 0.29) is 11.1 Å². The summed E-state index contributed by atoms with van der Waals surface area (Å²) in [5, 5.41) is 2.76. The van der Waals surface area contributed by atoms with E-state index >= 15 is 0 Å². The van der Waals surface area contributed by atoms with Gasteiger partial charge in [-0.2, -0.15) is 0 Å². The summed E-state index contributed by atoms with van der Waals surface area (Å²) in [7, 11) is 0. The molecule has 0 aromatic heterocycles. The standard InChI is InChI=1S/C10H10ClFN2O/c11-8-3-2-7(6-9(8)12)14-5-1-4-13-10(14)15/h2-3,6H,1,4-5H2,(H,13,15). The molecule has 1 N–H and O–H groups in total. The van der Waals surface area contributed by atoms with Gasteiger partial charge in [0.2, 0.25) is 0 Å². The Balaban J connectivity index is 2.28. The van der Waals surface area contributed by atoms with Gasteiger partial charge in [-0.3, -0.25) is 4.90 Å². The highest BCUT2D eigenvalue weighted by Crippen LogP contribution is 2.22. The van der Waals surface area contributed by atoms with Gasteiger partial charge in [-0.15, -0.1) is 0 Å². The van der Waals surface area contributed by atoms with Crippen LogP contribution < -0.4 is 10.2 Å². The summed E-state index contributed by atoms with van der Waals surface area (Å²) in [6.45, 7) is 1.28. The molecular weight excluding hydrogens is 219 g/mol. The molecule has 15 heavy (non-hydrogen) atoms. The fraction of sp³-hybridized carbons (Fsp3) is 0.300. The molecule has 0 spiro atoms. The Morgan fingerprint density at radius 2 is 2.27 bits per heavy atom. The molecule has 0 radical (unpaired) electrons. The quantitative estimate of drug-likeness (QED) is 0.787. The first-order valence-corrected chi connectivity index (χ1v) is 5.07. The first kappa shape index (κ1) is 10.2. The van der Waals surface area contributed by atoms with E-state index in [0.29, 0.717) is 18.8 Å². The van der Waals surface area contributed by atoms with Crippen LogP contribution >= 0.6 is 11.6 Å². The van der Waals surface area contributed by atoms with Crippen molar-refractivity contribution >= 4 is 23.3 Å². The number of hydrogen-bond acceptors (Lipinski definition) is 1. The van der Waals surface area contributed by atoms with E-state index in [9.17, 15) is 9.18 Å². The lowest BCUT2D eigenvalue weighted by molar-refractivity contribution is 0.243. The molecule has 0 aliphatic carbocycles. The SMILES string of the molecule is O=C1NCCCN1c1ccc(Cl)c(F)c1. The first-order valence-electron chi connectivity index (χ1n) is 4.69. The van der Waals surface area contributed by atoms with Crippen LogP contribution in [0.3, 0.4) is 0 Å². The maximum absolute atomic E-state index is 13.2. The van der Waals surface area contributed by atoms with Crippen molar-refractivity contribution in [2.75, 3.05) is 18.0 Å². The lowest BCUT2D eigenvalue weighted by atomic mass is 10.2. The monoisotopic (exact) mass is 228 g/mol. The average molecular weight is 229 g/mol. The minimum atomic E-state index is -0.507. The number of urea groups is 1. The molecule has 1 aromatic rings. The van der Waals surface area contributed by atoms with Crippen molar-refractivity contribution in [1.82, 2.24) is 5.32 Å². The second-order valence-corrected chi connectivity index (χ2v) is 3.74. The molecule has 5 heteroatoms. The van der Waals surface area contributed by atoms with Crippen LogP contribution in [0.5, 0.6) is 0 Å². The van der Waals surface area contributed by atoms with Crippen LogP contribution in [0.4, 0.5) is 14.9 Å². The maximum Gasteiger partial charge on any atom is 0.321 e. The van der Waals surface area contributed by atoms with Gasteiger partial charge in [-0.05, 0) is 24.6 Å². The average Bonchev–Trinajstić information content (AvgIpc) is 2.23. The van der Waals surface area contributed by atoms with Gasteiger partial charge >= 0.3 is 6.03 Å². The molecule has 1 saturated heterocycles. The zero-order valence-corrected chi connectivity index (χ0v) is 8.72. The highest BCUT2D eigenvalue weighted by atomic mass is 35.5. The Morgan fingerprint density at radius 3 is 2.93 bits per heavy atom. The van der Waals surface area contributed by atoms with Crippen molar-refractivity contribution in [2.24, 2.45) is 0 Å². The maximum atomic E-state index is 13.2. The molecule has 80 valence electrons. The van der Waals surface area contributed by atoms with E-state index in [0.717, 1.165) is 6.42 Å². The number of carbonyl (C=O) groups is 1. The largest absolute Gasteiger partial charge is 0.338 e. The molecule has 1 fully saturated rings. The van der Waals surface area contributed by atoms with Gasteiger partial charge in [0.25, 0.3) is 0 Å². The van der Waals surface area contributed by atoms with Crippen LogP contribution in [0.25, 0.3) is 0 Å². The Morgan fingerprint density at radius 1 is 1.47 bits per heavy atom. The van der Waals surface area contributed by atoms with Gasteiger partial charge in [-0.25, -0.2) is 9.18 Å². The zero-order chi connectivity index (χ0) is 10.8. The number of nitrogens with zero attached hydrogens (tertiary/aromatic N) is 1. The van der Waals surface area contributed by atoms with Crippen molar-refractivity contribution in [3.05, 3.63) is 29.0 Å². The van der Waals surface area contributed by atoms with Crippen LogP contribution in [0.15, 0.2) is 18.2 Å². The molecular formula is C10H10ClFN2O. The van der Waals surface area contributed by atoms with E-state index in [1.165, 1.54) is 17.0 Å². The Hall–Kier alpha value is -1.29. The minimum absolute atomic E-state index is 0.0659. The predicted octanol–water partition coefficient (Wildman–Crippen LogP) is 2.40. The second kappa shape index (κ2) is 4.06. The molecule has 2 rings (SSSR count). The summed E-state index contributed by atoms with van der Waals surface area (Å²) in [6.07, 6.45) is 0.857. The van der Waals surface area contributed by atoms with Gasteiger partial charge in [-0.1, -0.05) is 11.6 Å². The van der Waals surface area contributed by atoms with Gasteiger partial charge in [0.05, 0.1) is 5.02 Å². The summed E-state index contributed by atoms with van der Waals surface area (Å²) in [6, 6.07) is 4.17. The number of rotatable bonds is 1. The van der Waals surface area contributed by atoms with Gasteiger partial charge < -0.3 is 5.32 Å². The van der Waals surface area contributed by atoms with E-state index in [1.54, 1.807) is 6.07 Å². The van der Waals surface area contributed by atoms with Gasteiger partial charge in [0.15, 0.2) is 0 Å². The van der Waals surface area contributed by atoms with Crippen molar-refractivity contribution in [3.63, 3.8) is 0 Å². The molecule has 3 nitrogen and oxygen atoms in total. The molecule has 0 bridgehead atoms. The minimum Gasteiger partial charge on any atom is -0.338 e. The fourth-order valence-electron chi connectivity index (χ4n) is 1.53. The van der Waals surface area contributed by atoms with E-state index < -0.39 is 5.82 Å². The number of anilines is 1. The van der Waals surface area contributed by atoms with Crippen LogP contribution in [0, 0.1) is 5.82 Å². The first-order chi connectivity index (χ1) is 7.18. The normalized spacial score (nSPS) is 16.4. The van der Waals surface area contributed by atoms with Crippen molar-refractivity contribution < 1.29 is 9.18 Å². The summed E-state index contributed by atoms with van der Waals surface area (Å²) in [5.74, 6) is -0.507. The van der Waals surface area contributed by atoms with Gasteiger partial charge in [0.1, 0.15) is 5.82 Å². The third-order valence-corrected chi connectivity index (χ3v) is 2.60. The second-order valence-electron chi connectivity index (χ2n) is 3.34. The smallest absolute Gasteiger partial charge is 0.321 e. The fourth-order valence-corrected chi connectivity index (χ4v) is 1.65. The van der Waals surface area contributed by atoms with Crippen molar-refractivity contribution in [1.29, 1.82) is 0 Å². The van der Waals surface area contributed by atoms with Crippen molar-refractivity contribution in [3.8, 4) is 0 Å². The number of amides is 2. The number of halogens is 2. The molecule has 0 atom stereocenters. The number of hydrogen-bond donors (Lipinski definition) is 1. The summed E-state index contributed by atoms with van der Waals surface area (Å²) in [5.41, 5.74) is 0.536. The lowest BCUT2D eigenvalue weighted by Gasteiger charge is -2.27. The van der Waals surface area contributed by atoms with Crippen LogP contribution in [-0.4, -0.2) is 19.1 Å². The third-order valence-electron chi connectivity index (χ3n) is 2.29. The molecule has 2 amide bonds. The molecule has 0 saturated carbocycles. The molecule has 0 unspecified atom stereocenters. The predicted molar refractivity (Wildman–Crippen MR) is 56.8 cm³/mol. The zero-order valence-electron chi connectivity index (χ0n) is 7.96. The Kier molecular flexibility index (Phi) is 2.77. The topological polar surface area (TPSA) is 32.3 Å². The molecule has 1 heterocycles. The summed E-state index contributed by atoms with van der Waals surface area (Å²) in [4.78, 5) is 13.0. The van der Waals surface area contributed by atoms with E-state index in [1.807, 2.05) is 0 Å². The Bertz CT molecular complexity index is 397.